The van der Waals surface area contributed by atoms with Crippen LogP contribution in [0.4, 0.5) is 4.79 Å². The number of hydrogen-bond acceptors (Lipinski definition) is 3. The zero-order valence-corrected chi connectivity index (χ0v) is 13.7. The van der Waals surface area contributed by atoms with E-state index in [4.69, 9.17) is 0 Å². The third kappa shape index (κ3) is 4.83. The highest BCUT2D eigenvalue weighted by Crippen LogP contribution is 2.27. The number of hydrogen-bond donors (Lipinski definition) is 1. The number of carbonyl (C=O) groups is 3. The summed E-state index contributed by atoms with van der Waals surface area (Å²) in [5.74, 6) is -1.50. The molecule has 1 saturated heterocycles. The first-order chi connectivity index (χ1) is 9.82. The van der Waals surface area contributed by atoms with Gasteiger partial charge in [0, 0.05) is 6.54 Å². The van der Waals surface area contributed by atoms with Gasteiger partial charge in [-0.25, -0.2) is 4.79 Å². The maximum atomic E-state index is 12.4. The Kier molecular flexibility index (Phi) is 6.37. The highest BCUT2D eigenvalue weighted by atomic mass is 16.2. The first-order valence-electron chi connectivity index (χ1n) is 7.98. The highest BCUT2D eigenvalue weighted by Gasteiger charge is 2.41. The molecule has 120 valence electrons. The average Bonchev–Trinajstić information content (AvgIpc) is 2.40. The number of nitrogens with one attached hydrogen (secondary N) is 1. The largest absolute Gasteiger partial charge is 0.330 e. The minimum absolute atomic E-state index is 0.126. The summed E-state index contributed by atoms with van der Waals surface area (Å²) in [6.07, 6.45) is 5.58. The first kappa shape index (κ1) is 17.7. The summed E-state index contributed by atoms with van der Waals surface area (Å²) >= 11 is 0. The summed E-state index contributed by atoms with van der Waals surface area (Å²) in [5, 5.41) is 2.31. The maximum Gasteiger partial charge on any atom is 0.330 e. The zero-order chi connectivity index (χ0) is 16.0. The summed E-state index contributed by atoms with van der Waals surface area (Å²) in [7, 11) is 0. The lowest BCUT2D eigenvalue weighted by molar-refractivity contribution is -0.143. The molecule has 1 atom stereocenters. The van der Waals surface area contributed by atoms with Crippen LogP contribution in [0.15, 0.2) is 0 Å². The fourth-order valence-corrected chi connectivity index (χ4v) is 2.71. The Morgan fingerprint density at radius 2 is 1.76 bits per heavy atom. The van der Waals surface area contributed by atoms with Crippen molar-refractivity contribution in [2.45, 2.75) is 66.2 Å². The summed E-state index contributed by atoms with van der Waals surface area (Å²) in [6, 6.07) is -0.569. The molecule has 1 heterocycles. The molecule has 1 fully saturated rings. The van der Waals surface area contributed by atoms with E-state index in [0.717, 1.165) is 32.1 Å². The maximum absolute atomic E-state index is 12.4. The molecular formula is C16H28N2O3. The average molecular weight is 296 g/mol. The molecule has 5 nitrogen and oxygen atoms in total. The van der Waals surface area contributed by atoms with Gasteiger partial charge in [-0.05, 0) is 18.3 Å². The summed E-state index contributed by atoms with van der Waals surface area (Å²) in [6.45, 7) is 8.57. The van der Waals surface area contributed by atoms with Gasteiger partial charge in [0.05, 0.1) is 0 Å². The lowest BCUT2D eigenvalue weighted by Gasteiger charge is -2.36. The van der Waals surface area contributed by atoms with Crippen LogP contribution in [0.3, 0.4) is 0 Å². The third-order valence-corrected chi connectivity index (χ3v) is 3.98. The van der Waals surface area contributed by atoms with Gasteiger partial charge in [0.2, 0.25) is 11.8 Å². The molecule has 1 N–H and O–H groups in total. The number of urea groups is 1. The number of rotatable bonds is 8. The number of amides is 4. The second-order valence-electron chi connectivity index (χ2n) is 6.68. The molecule has 0 spiro atoms. The summed E-state index contributed by atoms with van der Waals surface area (Å²) < 4.78 is 0. The molecule has 0 aromatic rings. The number of imide groups is 2. The predicted molar refractivity (Wildman–Crippen MR) is 81.6 cm³/mol. The molecular weight excluding hydrogens is 268 g/mol. The molecule has 0 bridgehead atoms. The lowest BCUT2D eigenvalue weighted by atomic mass is 9.85. The smallest absolute Gasteiger partial charge is 0.277 e. The molecule has 1 aliphatic heterocycles. The Balaban J connectivity index is 2.73. The van der Waals surface area contributed by atoms with Gasteiger partial charge in [-0.15, -0.1) is 0 Å². The van der Waals surface area contributed by atoms with E-state index < -0.39 is 17.9 Å². The molecule has 0 aromatic carbocycles. The minimum atomic E-state index is -0.709. The summed E-state index contributed by atoms with van der Waals surface area (Å²) in [4.78, 5) is 37.3. The summed E-state index contributed by atoms with van der Waals surface area (Å²) in [5.41, 5.74) is -0.126. The third-order valence-electron chi connectivity index (χ3n) is 3.98. The molecule has 0 aromatic heterocycles. The number of unbranched alkanes of at least 4 members (excludes halogenated alkanes) is 2. The van der Waals surface area contributed by atoms with E-state index in [0.29, 0.717) is 13.0 Å². The van der Waals surface area contributed by atoms with Crippen LogP contribution < -0.4 is 5.32 Å². The standard InChI is InChI=1S/C16H28N2O3/c1-5-7-8-10-16(3,4)11-18-14(20)12(9-6-2)13(19)17-15(18)21/h12H,5-11H2,1-4H3,(H,17,19,21). The molecule has 1 unspecified atom stereocenters. The Morgan fingerprint density at radius 3 is 2.33 bits per heavy atom. The molecule has 1 rings (SSSR count). The number of barbiturate groups is 1. The second-order valence-corrected chi connectivity index (χ2v) is 6.68. The minimum Gasteiger partial charge on any atom is -0.277 e. The van der Waals surface area contributed by atoms with Gasteiger partial charge in [0.25, 0.3) is 0 Å². The van der Waals surface area contributed by atoms with Crippen molar-refractivity contribution in [2.24, 2.45) is 11.3 Å². The predicted octanol–water partition coefficient (Wildman–Crippen LogP) is 3.09. The van der Waals surface area contributed by atoms with Crippen LogP contribution in [0, 0.1) is 11.3 Å². The second kappa shape index (κ2) is 7.57. The van der Waals surface area contributed by atoms with Crippen molar-refractivity contribution in [3.8, 4) is 0 Å². The van der Waals surface area contributed by atoms with Crippen molar-refractivity contribution >= 4 is 17.8 Å². The Bertz CT molecular complexity index is 404. The molecule has 5 heteroatoms. The van der Waals surface area contributed by atoms with Crippen molar-refractivity contribution in [2.75, 3.05) is 6.54 Å². The monoisotopic (exact) mass is 296 g/mol. The zero-order valence-electron chi connectivity index (χ0n) is 13.7. The van der Waals surface area contributed by atoms with Gasteiger partial charge in [-0.1, -0.05) is 53.4 Å². The Labute approximate surface area is 127 Å². The van der Waals surface area contributed by atoms with Crippen LogP contribution in [-0.2, 0) is 9.59 Å². The SMILES string of the molecule is CCCCCC(C)(C)CN1C(=O)NC(=O)C(CCC)C1=O. The van der Waals surface area contributed by atoms with Gasteiger partial charge < -0.3 is 0 Å². The fraction of sp³-hybridized carbons (Fsp3) is 0.812. The Morgan fingerprint density at radius 1 is 1.10 bits per heavy atom. The van der Waals surface area contributed by atoms with E-state index in [1.807, 2.05) is 6.92 Å². The van der Waals surface area contributed by atoms with Crippen LogP contribution in [0.25, 0.3) is 0 Å². The molecule has 4 amide bonds. The van der Waals surface area contributed by atoms with Crippen LogP contribution in [0.1, 0.15) is 66.2 Å². The van der Waals surface area contributed by atoms with Gasteiger partial charge >= 0.3 is 6.03 Å². The van der Waals surface area contributed by atoms with Gasteiger partial charge in [-0.3, -0.25) is 19.8 Å². The van der Waals surface area contributed by atoms with Crippen molar-refractivity contribution < 1.29 is 14.4 Å². The van der Waals surface area contributed by atoms with Crippen molar-refractivity contribution in [1.29, 1.82) is 0 Å². The topological polar surface area (TPSA) is 66.5 Å². The van der Waals surface area contributed by atoms with Crippen LogP contribution in [-0.4, -0.2) is 29.3 Å². The first-order valence-corrected chi connectivity index (χ1v) is 7.98. The quantitative estimate of drug-likeness (QED) is 0.553. The number of carbonyl (C=O) groups excluding carboxylic acids is 3. The van der Waals surface area contributed by atoms with E-state index in [9.17, 15) is 14.4 Å². The van der Waals surface area contributed by atoms with Crippen molar-refractivity contribution in [3.63, 3.8) is 0 Å². The van der Waals surface area contributed by atoms with E-state index in [1.54, 1.807) is 0 Å². The highest BCUT2D eigenvalue weighted by molar-refractivity contribution is 6.16. The van der Waals surface area contributed by atoms with Crippen molar-refractivity contribution in [3.05, 3.63) is 0 Å². The van der Waals surface area contributed by atoms with Gasteiger partial charge in [0.15, 0.2) is 0 Å². The molecule has 0 radical (unpaired) electrons. The van der Waals surface area contributed by atoms with E-state index in [-0.39, 0.29) is 11.3 Å². The van der Waals surface area contributed by atoms with E-state index in [2.05, 4.69) is 26.1 Å². The lowest BCUT2D eigenvalue weighted by Crippen LogP contribution is -2.59. The van der Waals surface area contributed by atoms with E-state index >= 15 is 0 Å². The van der Waals surface area contributed by atoms with Gasteiger partial charge in [0.1, 0.15) is 5.92 Å². The molecule has 21 heavy (non-hydrogen) atoms. The van der Waals surface area contributed by atoms with Crippen molar-refractivity contribution in [1.82, 2.24) is 10.2 Å². The normalized spacial score (nSPS) is 19.9. The van der Waals surface area contributed by atoms with Crippen LogP contribution in [0.2, 0.25) is 0 Å². The number of nitrogens with zero attached hydrogens (tertiary/aromatic N) is 1. The molecule has 1 aliphatic rings. The fourth-order valence-electron chi connectivity index (χ4n) is 2.71. The van der Waals surface area contributed by atoms with Gasteiger partial charge in [-0.2, -0.15) is 0 Å². The van der Waals surface area contributed by atoms with Crippen LogP contribution >= 0.6 is 0 Å². The Hall–Kier alpha value is -1.39. The molecule has 0 aliphatic carbocycles. The van der Waals surface area contributed by atoms with E-state index in [1.165, 1.54) is 4.90 Å². The van der Waals surface area contributed by atoms with Crippen LogP contribution in [0.5, 0.6) is 0 Å². The molecule has 0 saturated carbocycles.